The van der Waals surface area contributed by atoms with Crippen molar-refractivity contribution in [1.29, 1.82) is 0 Å². The van der Waals surface area contributed by atoms with Crippen LogP contribution in [0.5, 0.6) is 5.75 Å². The summed E-state index contributed by atoms with van der Waals surface area (Å²) in [6, 6.07) is 40.4. The van der Waals surface area contributed by atoms with Crippen LogP contribution in [0.15, 0.2) is 150 Å². The zero-order chi connectivity index (χ0) is 30.0. The quantitative estimate of drug-likeness (QED) is 0.232. The van der Waals surface area contributed by atoms with Gasteiger partial charge in [0, 0.05) is 32.6 Å². The standard InChI is InChI=1S/C42H30O2S/c43-42(35-23-11-10-21-32(35)28-14-4-1-5-15-28)24-12-16-29-26-34-33-22-13-25-44-39(33)38-40(36(34)37(29)42)45-27-41(38,30-17-6-2-7-18-30)31-19-8-3-9-20-31/h1-24,26,43H,25,27H2. The Morgan fingerprint density at radius 1 is 0.756 bits per heavy atom. The van der Waals surface area contributed by atoms with Crippen LogP contribution in [-0.2, 0) is 11.0 Å². The summed E-state index contributed by atoms with van der Waals surface area (Å²) in [5.41, 5.74) is 8.05. The zero-order valence-corrected chi connectivity index (χ0v) is 25.4. The number of allylic oxidation sites excluding steroid dienone is 2. The minimum atomic E-state index is -1.33. The van der Waals surface area contributed by atoms with Crippen LogP contribution in [0.25, 0.3) is 28.9 Å². The van der Waals surface area contributed by atoms with Crippen molar-refractivity contribution in [3.05, 3.63) is 183 Å². The summed E-state index contributed by atoms with van der Waals surface area (Å²) >= 11 is 1.89. The monoisotopic (exact) mass is 598 g/mol. The number of aliphatic hydroxyl groups is 1. The van der Waals surface area contributed by atoms with Crippen LogP contribution in [0.1, 0.15) is 27.8 Å². The van der Waals surface area contributed by atoms with Gasteiger partial charge in [0.05, 0.1) is 5.41 Å². The second kappa shape index (κ2) is 10.1. The molecule has 0 aromatic heterocycles. The number of rotatable bonds is 4. The van der Waals surface area contributed by atoms with Gasteiger partial charge in [-0.25, -0.2) is 0 Å². The minimum Gasteiger partial charge on any atom is -0.488 e. The highest BCUT2D eigenvalue weighted by atomic mass is 32.2. The first kappa shape index (κ1) is 26.6. The SMILES string of the molecule is OC1(c2ccccc2-c2ccccc2)C=CC=C2C=c3c4c(c5c(c3=C21)SCC5(c1ccccc1)c1ccccc1)OCC=C4. The Labute approximate surface area is 267 Å². The van der Waals surface area contributed by atoms with Gasteiger partial charge in [-0.1, -0.05) is 133 Å². The lowest BCUT2D eigenvalue weighted by Gasteiger charge is -2.34. The van der Waals surface area contributed by atoms with Crippen molar-refractivity contribution >= 4 is 29.5 Å². The van der Waals surface area contributed by atoms with Gasteiger partial charge in [0.2, 0.25) is 0 Å². The Morgan fingerprint density at radius 3 is 2.16 bits per heavy atom. The van der Waals surface area contributed by atoms with E-state index >= 15 is 0 Å². The van der Waals surface area contributed by atoms with Gasteiger partial charge in [-0.2, -0.15) is 0 Å². The van der Waals surface area contributed by atoms with Gasteiger partial charge in [-0.15, -0.1) is 11.8 Å². The van der Waals surface area contributed by atoms with Crippen molar-refractivity contribution < 1.29 is 9.84 Å². The molecule has 0 fully saturated rings. The van der Waals surface area contributed by atoms with Gasteiger partial charge in [-0.05, 0) is 56.8 Å². The third-order valence-electron chi connectivity index (χ3n) is 9.74. The maximum Gasteiger partial charge on any atom is 0.135 e. The second-order valence-electron chi connectivity index (χ2n) is 12.1. The highest BCUT2D eigenvalue weighted by Crippen LogP contribution is 2.56. The maximum atomic E-state index is 13.1. The van der Waals surface area contributed by atoms with Crippen LogP contribution in [0, 0.1) is 0 Å². The van der Waals surface area contributed by atoms with Gasteiger partial charge < -0.3 is 9.84 Å². The van der Waals surface area contributed by atoms with E-state index in [9.17, 15) is 5.11 Å². The molecule has 0 saturated carbocycles. The third kappa shape index (κ3) is 3.75. The van der Waals surface area contributed by atoms with E-state index in [4.69, 9.17) is 4.74 Å². The van der Waals surface area contributed by atoms with Crippen LogP contribution in [0.3, 0.4) is 0 Å². The average Bonchev–Trinajstić information content (AvgIpc) is 3.71. The van der Waals surface area contributed by atoms with Gasteiger partial charge in [-0.3, -0.25) is 0 Å². The second-order valence-corrected chi connectivity index (χ2v) is 13.0. The lowest BCUT2D eigenvalue weighted by atomic mass is 9.69. The first-order valence-corrected chi connectivity index (χ1v) is 16.5. The first-order valence-electron chi connectivity index (χ1n) is 15.5. The molecule has 0 bridgehead atoms. The molecule has 5 aromatic rings. The first-order chi connectivity index (χ1) is 22.2. The van der Waals surface area contributed by atoms with Crippen LogP contribution in [0.4, 0.5) is 0 Å². The molecule has 0 spiro atoms. The third-order valence-corrected chi connectivity index (χ3v) is 11.0. The predicted molar refractivity (Wildman–Crippen MR) is 185 cm³/mol. The smallest absolute Gasteiger partial charge is 0.135 e. The number of fused-ring (bicyclic) bond motifs is 7. The molecule has 2 nitrogen and oxygen atoms in total. The molecular formula is C42H30O2S. The van der Waals surface area contributed by atoms with Gasteiger partial charge in [0.25, 0.3) is 0 Å². The molecule has 2 heterocycles. The topological polar surface area (TPSA) is 29.5 Å². The summed E-state index contributed by atoms with van der Waals surface area (Å²) < 4.78 is 6.63. The summed E-state index contributed by atoms with van der Waals surface area (Å²) in [4.78, 5) is 1.20. The summed E-state index contributed by atoms with van der Waals surface area (Å²) in [7, 11) is 0. The Morgan fingerprint density at radius 2 is 1.42 bits per heavy atom. The Bertz CT molecular complexity index is 2170. The molecule has 1 atom stereocenters. The molecule has 216 valence electrons. The van der Waals surface area contributed by atoms with Crippen LogP contribution in [-0.4, -0.2) is 17.5 Å². The van der Waals surface area contributed by atoms with Crippen molar-refractivity contribution in [3.63, 3.8) is 0 Å². The Kier molecular flexibility index (Phi) is 5.96. The van der Waals surface area contributed by atoms with Crippen molar-refractivity contribution in [2.45, 2.75) is 15.9 Å². The molecule has 5 aromatic carbocycles. The van der Waals surface area contributed by atoms with E-state index in [1.807, 2.05) is 36.0 Å². The van der Waals surface area contributed by atoms with Gasteiger partial charge in [0.15, 0.2) is 0 Å². The van der Waals surface area contributed by atoms with E-state index in [1.165, 1.54) is 21.6 Å². The number of benzene rings is 5. The molecule has 1 unspecified atom stereocenters. The minimum absolute atomic E-state index is 0.412. The number of hydrogen-bond donors (Lipinski definition) is 1. The fourth-order valence-electron chi connectivity index (χ4n) is 7.80. The van der Waals surface area contributed by atoms with Crippen molar-refractivity contribution in [3.8, 4) is 16.9 Å². The number of hydrogen-bond acceptors (Lipinski definition) is 3. The molecule has 2 aliphatic heterocycles. The van der Waals surface area contributed by atoms with Crippen LogP contribution < -0.4 is 15.2 Å². The highest BCUT2D eigenvalue weighted by molar-refractivity contribution is 7.99. The van der Waals surface area contributed by atoms with E-state index in [-0.39, 0.29) is 0 Å². The summed E-state index contributed by atoms with van der Waals surface area (Å²) in [6.07, 6.45) is 12.7. The van der Waals surface area contributed by atoms with E-state index in [0.29, 0.717) is 6.61 Å². The molecule has 4 aliphatic rings. The molecule has 0 radical (unpaired) electrons. The largest absolute Gasteiger partial charge is 0.488 e. The zero-order valence-electron chi connectivity index (χ0n) is 24.6. The van der Waals surface area contributed by atoms with E-state index in [2.05, 4.69) is 127 Å². The number of thioether (sulfide) groups is 1. The fraction of sp³-hybridized carbons (Fsp3) is 0.0952. The van der Waals surface area contributed by atoms with E-state index in [1.54, 1.807) is 0 Å². The lowest BCUT2D eigenvalue weighted by Crippen LogP contribution is -2.39. The Hall–Kier alpha value is -4.83. The number of ether oxygens (including phenoxy) is 1. The van der Waals surface area contributed by atoms with Crippen molar-refractivity contribution in [2.75, 3.05) is 12.4 Å². The molecule has 45 heavy (non-hydrogen) atoms. The average molecular weight is 599 g/mol. The summed E-state index contributed by atoms with van der Waals surface area (Å²) in [6.45, 7) is 0.539. The van der Waals surface area contributed by atoms with Crippen molar-refractivity contribution in [2.24, 2.45) is 0 Å². The summed E-state index contributed by atoms with van der Waals surface area (Å²) in [5.74, 6) is 1.80. The highest BCUT2D eigenvalue weighted by Gasteiger charge is 2.48. The summed E-state index contributed by atoms with van der Waals surface area (Å²) in [5, 5.41) is 15.3. The van der Waals surface area contributed by atoms with E-state index < -0.39 is 11.0 Å². The van der Waals surface area contributed by atoms with Crippen LogP contribution >= 0.6 is 11.8 Å². The fourth-order valence-corrected chi connectivity index (χ4v) is 9.41. The van der Waals surface area contributed by atoms with E-state index in [0.717, 1.165) is 55.3 Å². The van der Waals surface area contributed by atoms with Gasteiger partial charge >= 0.3 is 0 Å². The molecule has 2 aliphatic carbocycles. The Balaban J connectivity index is 1.42. The molecular weight excluding hydrogens is 569 g/mol. The lowest BCUT2D eigenvalue weighted by molar-refractivity contribution is 0.153. The van der Waals surface area contributed by atoms with Gasteiger partial charge in [0.1, 0.15) is 18.0 Å². The maximum absolute atomic E-state index is 13.1. The van der Waals surface area contributed by atoms with Crippen molar-refractivity contribution in [1.82, 2.24) is 0 Å². The molecule has 1 N–H and O–H groups in total. The van der Waals surface area contributed by atoms with Crippen LogP contribution in [0.2, 0.25) is 0 Å². The predicted octanol–water partition coefficient (Wildman–Crippen LogP) is 7.53. The molecule has 9 rings (SSSR count). The molecule has 0 amide bonds. The normalized spacial score (nSPS) is 19.9. The molecule has 3 heteroatoms. The molecule has 0 saturated heterocycles.